The van der Waals surface area contributed by atoms with Crippen molar-refractivity contribution in [2.45, 2.75) is 57.1 Å². The van der Waals surface area contributed by atoms with Crippen molar-refractivity contribution in [3.63, 3.8) is 0 Å². The van der Waals surface area contributed by atoms with E-state index in [-0.39, 0.29) is 35.5 Å². The number of carbonyl (C=O) groups excluding carboxylic acids is 2. The molecule has 0 aliphatic rings. The molecule has 0 saturated carbocycles. The topological polar surface area (TPSA) is 96.0 Å². The number of hydrogen-bond acceptors (Lipinski definition) is 5. The van der Waals surface area contributed by atoms with Crippen LogP contribution in [-0.4, -0.2) is 50.9 Å². The van der Waals surface area contributed by atoms with Crippen LogP contribution in [0.4, 0.5) is 10.1 Å². The Morgan fingerprint density at radius 1 is 0.976 bits per heavy atom. The lowest BCUT2D eigenvalue weighted by Gasteiger charge is -2.34. The van der Waals surface area contributed by atoms with Crippen molar-refractivity contribution in [3.8, 4) is 5.75 Å². The van der Waals surface area contributed by atoms with Gasteiger partial charge < -0.3 is 15.0 Å². The first-order valence-corrected chi connectivity index (χ1v) is 15.6. The minimum atomic E-state index is -4.32. The number of nitrogens with zero attached hydrogens (tertiary/aromatic N) is 2. The van der Waals surface area contributed by atoms with E-state index in [1.807, 2.05) is 13.8 Å². The molecular formula is C30H34Cl2FN3O5S. The molecule has 2 amide bonds. The number of carbonyl (C=O) groups is 2. The molecule has 226 valence electrons. The summed E-state index contributed by atoms with van der Waals surface area (Å²) >= 11 is 12.5. The van der Waals surface area contributed by atoms with Gasteiger partial charge in [0.25, 0.3) is 10.0 Å². The number of ether oxygens (including phenoxy) is 1. The maximum Gasteiger partial charge on any atom is 0.264 e. The molecule has 0 fully saturated rings. The van der Waals surface area contributed by atoms with Crippen LogP contribution in [-0.2, 0) is 26.2 Å². The Hall–Kier alpha value is -3.34. The van der Waals surface area contributed by atoms with Gasteiger partial charge in [-0.05, 0) is 86.0 Å². The Morgan fingerprint density at radius 2 is 1.62 bits per heavy atom. The highest BCUT2D eigenvalue weighted by Crippen LogP contribution is 2.28. The first-order chi connectivity index (χ1) is 19.9. The highest BCUT2D eigenvalue weighted by atomic mass is 35.5. The second-order valence-corrected chi connectivity index (χ2v) is 12.4. The normalized spacial score (nSPS) is 12.7. The molecule has 3 aromatic carbocycles. The van der Waals surface area contributed by atoms with Gasteiger partial charge in [-0.3, -0.25) is 13.9 Å². The Balaban J connectivity index is 2.08. The molecule has 2 atom stereocenters. The lowest BCUT2D eigenvalue weighted by atomic mass is 10.1. The fraction of sp³-hybridized carbons (Fsp3) is 0.333. The second-order valence-electron chi connectivity index (χ2n) is 9.66. The van der Waals surface area contributed by atoms with Crippen LogP contribution in [0.5, 0.6) is 5.75 Å². The lowest BCUT2D eigenvalue weighted by molar-refractivity contribution is -0.140. The second kappa shape index (κ2) is 14.7. The highest BCUT2D eigenvalue weighted by Gasteiger charge is 2.34. The van der Waals surface area contributed by atoms with Gasteiger partial charge in [0.2, 0.25) is 11.8 Å². The maximum atomic E-state index is 14.1. The van der Waals surface area contributed by atoms with E-state index in [0.717, 1.165) is 16.4 Å². The average molecular weight is 639 g/mol. The van der Waals surface area contributed by atoms with Gasteiger partial charge >= 0.3 is 0 Å². The largest absolute Gasteiger partial charge is 0.497 e. The Bertz CT molecular complexity index is 1490. The van der Waals surface area contributed by atoms with E-state index < -0.39 is 34.3 Å². The van der Waals surface area contributed by atoms with Gasteiger partial charge in [0.15, 0.2) is 0 Å². The molecule has 1 N–H and O–H groups in total. The molecule has 3 aromatic rings. The molecule has 2 unspecified atom stereocenters. The minimum absolute atomic E-state index is 0.0714. The summed E-state index contributed by atoms with van der Waals surface area (Å²) < 4.78 is 47.6. The summed E-state index contributed by atoms with van der Waals surface area (Å²) in [6.07, 6.45) is 0.929. The third kappa shape index (κ3) is 8.14. The third-order valence-electron chi connectivity index (χ3n) is 6.78. The Morgan fingerprint density at radius 3 is 2.17 bits per heavy atom. The van der Waals surface area contributed by atoms with E-state index >= 15 is 0 Å². The van der Waals surface area contributed by atoms with Gasteiger partial charge in [0.1, 0.15) is 24.2 Å². The summed E-state index contributed by atoms with van der Waals surface area (Å²) in [4.78, 5) is 28.6. The van der Waals surface area contributed by atoms with E-state index in [4.69, 9.17) is 27.9 Å². The molecule has 0 aliphatic heterocycles. The smallest absolute Gasteiger partial charge is 0.264 e. The van der Waals surface area contributed by atoms with Crippen LogP contribution in [0.2, 0.25) is 10.0 Å². The molecule has 0 aliphatic carbocycles. The van der Waals surface area contributed by atoms with Gasteiger partial charge in [-0.2, -0.15) is 0 Å². The number of rotatable bonds is 13. The minimum Gasteiger partial charge on any atom is -0.497 e. The van der Waals surface area contributed by atoms with Crippen molar-refractivity contribution < 1.29 is 27.1 Å². The molecule has 0 aromatic heterocycles. The van der Waals surface area contributed by atoms with Gasteiger partial charge in [-0.1, -0.05) is 43.1 Å². The fourth-order valence-electron chi connectivity index (χ4n) is 4.21. The van der Waals surface area contributed by atoms with E-state index in [9.17, 15) is 22.4 Å². The van der Waals surface area contributed by atoms with E-state index in [0.29, 0.717) is 27.8 Å². The number of sulfonamides is 1. The SMILES string of the molecule is CCC(C)NC(=O)C(CC)N(Cc1ccc(Cl)cc1Cl)C(=O)CN(c1ccc(F)cc1)S(=O)(=O)c1ccc(OC)cc1. The molecule has 0 spiro atoms. The van der Waals surface area contributed by atoms with Crippen LogP contribution in [0.15, 0.2) is 71.6 Å². The number of amides is 2. The molecule has 12 heteroatoms. The zero-order chi connectivity index (χ0) is 31.0. The number of anilines is 1. The summed E-state index contributed by atoms with van der Waals surface area (Å²) in [7, 11) is -2.86. The lowest BCUT2D eigenvalue weighted by Crippen LogP contribution is -2.53. The van der Waals surface area contributed by atoms with Crippen molar-refractivity contribution in [1.82, 2.24) is 10.2 Å². The van der Waals surface area contributed by atoms with Crippen LogP contribution >= 0.6 is 23.2 Å². The zero-order valence-corrected chi connectivity index (χ0v) is 26.1. The van der Waals surface area contributed by atoms with E-state index in [1.54, 1.807) is 19.1 Å². The monoisotopic (exact) mass is 637 g/mol. The average Bonchev–Trinajstić information content (AvgIpc) is 2.97. The van der Waals surface area contributed by atoms with Crippen molar-refractivity contribution >= 4 is 50.7 Å². The van der Waals surface area contributed by atoms with Crippen molar-refractivity contribution in [3.05, 3.63) is 88.2 Å². The first kappa shape index (κ1) is 33.2. The third-order valence-corrected chi connectivity index (χ3v) is 9.16. The molecule has 0 saturated heterocycles. The molecular weight excluding hydrogens is 604 g/mol. The van der Waals surface area contributed by atoms with Gasteiger partial charge in [0, 0.05) is 22.6 Å². The standard InChI is InChI=1S/C30H34Cl2FN3O5S/c1-5-20(3)34-30(38)28(6-2)35(18-21-7-8-22(31)17-27(21)32)29(37)19-36(24-11-9-23(33)10-12-24)42(39,40)26-15-13-25(41-4)14-16-26/h7-17,20,28H,5-6,18-19H2,1-4H3,(H,34,38). The van der Waals surface area contributed by atoms with Crippen molar-refractivity contribution in [2.75, 3.05) is 18.0 Å². The Labute approximate surface area is 256 Å². The number of nitrogens with one attached hydrogen (secondary N) is 1. The van der Waals surface area contributed by atoms with Crippen molar-refractivity contribution in [1.29, 1.82) is 0 Å². The maximum absolute atomic E-state index is 14.1. The highest BCUT2D eigenvalue weighted by molar-refractivity contribution is 7.92. The van der Waals surface area contributed by atoms with Crippen LogP contribution in [0.1, 0.15) is 39.2 Å². The van der Waals surface area contributed by atoms with Crippen LogP contribution < -0.4 is 14.4 Å². The van der Waals surface area contributed by atoms with Crippen molar-refractivity contribution in [2.24, 2.45) is 0 Å². The predicted molar refractivity (Wildman–Crippen MR) is 163 cm³/mol. The number of halogens is 3. The summed E-state index contributed by atoms with van der Waals surface area (Å²) in [5, 5.41) is 3.60. The summed E-state index contributed by atoms with van der Waals surface area (Å²) in [6.45, 7) is 4.79. The number of benzene rings is 3. The van der Waals surface area contributed by atoms with Crippen LogP contribution in [0.25, 0.3) is 0 Å². The first-order valence-electron chi connectivity index (χ1n) is 13.4. The van der Waals surface area contributed by atoms with Crippen LogP contribution in [0, 0.1) is 5.82 Å². The predicted octanol–water partition coefficient (Wildman–Crippen LogP) is 6.06. The molecule has 3 rings (SSSR count). The fourth-order valence-corrected chi connectivity index (χ4v) is 6.09. The molecule has 0 radical (unpaired) electrons. The summed E-state index contributed by atoms with van der Waals surface area (Å²) in [6, 6.07) is 14.2. The molecule has 42 heavy (non-hydrogen) atoms. The number of hydrogen-bond donors (Lipinski definition) is 1. The molecule has 0 bridgehead atoms. The molecule has 0 heterocycles. The van der Waals surface area contributed by atoms with Gasteiger partial charge in [0.05, 0.1) is 17.7 Å². The van der Waals surface area contributed by atoms with Gasteiger partial charge in [-0.15, -0.1) is 0 Å². The zero-order valence-electron chi connectivity index (χ0n) is 23.8. The van der Waals surface area contributed by atoms with Crippen LogP contribution in [0.3, 0.4) is 0 Å². The number of methoxy groups -OCH3 is 1. The summed E-state index contributed by atoms with van der Waals surface area (Å²) in [5.41, 5.74) is 0.595. The quantitative estimate of drug-likeness (QED) is 0.246. The summed E-state index contributed by atoms with van der Waals surface area (Å²) in [5.74, 6) is -1.16. The van der Waals surface area contributed by atoms with Gasteiger partial charge in [-0.25, -0.2) is 12.8 Å². The van der Waals surface area contributed by atoms with E-state index in [2.05, 4.69) is 5.32 Å². The molecule has 8 nitrogen and oxygen atoms in total. The van der Waals surface area contributed by atoms with E-state index in [1.165, 1.54) is 54.5 Å². The Kier molecular flexibility index (Phi) is 11.6.